The molecule has 8 nitrogen and oxygen atoms in total. The zero-order valence-corrected chi connectivity index (χ0v) is 14.0. The molecule has 1 heterocycles. The van der Waals surface area contributed by atoms with E-state index in [1.54, 1.807) is 42.5 Å². The van der Waals surface area contributed by atoms with E-state index in [1.165, 1.54) is 6.07 Å². The van der Waals surface area contributed by atoms with Crippen molar-refractivity contribution < 1.29 is 4.92 Å². The van der Waals surface area contributed by atoms with Crippen molar-refractivity contribution in [3.63, 3.8) is 0 Å². The van der Waals surface area contributed by atoms with E-state index in [0.29, 0.717) is 17.1 Å². The van der Waals surface area contributed by atoms with E-state index in [9.17, 15) is 10.1 Å². The van der Waals surface area contributed by atoms with Crippen LogP contribution in [0.1, 0.15) is 0 Å². The molecule has 25 heavy (non-hydrogen) atoms. The van der Waals surface area contributed by atoms with Gasteiger partial charge >= 0.3 is 0 Å². The molecule has 0 unspecified atom stereocenters. The van der Waals surface area contributed by atoms with Crippen LogP contribution in [-0.2, 0) is 0 Å². The standard InChI is InChI=1S/C15H10Cl2N6O2/c16-13-20-14(17)22-15(21-13)19-10-6-2-1-5-9(10)18-11-7-3-4-8-12(11)23(24)25/h1-8,18H,(H,19,20,21,22). The summed E-state index contributed by atoms with van der Waals surface area (Å²) in [5.74, 6) is 0.154. The van der Waals surface area contributed by atoms with E-state index < -0.39 is 4.92 Å². The summed E-state index contributed by atoms with van der Waals surface area (Å²) in [4.78, 5) is 22.2. The summed E-state index contributed by atoms with van der Waals surface area (Å²) in [5.41, 5.74) is 1.49. The summed E-state index contributed by atoms with van der Waals surface area (Å²) in [6.07, 6.45) is 0. The number of para-hydroxylation sites is 4. The Kier molecular flexibility index (Phi) is 4.92. The van der Waals surface area contributed by atoms with Gasteiger partial charge in [-0.25, -0.2) is 0 Å². The summed E-state index contributed by atoms with van der Waals surface area (Å²) in [5, 5.41) is 17.0. The molecule has 0 spiro atoms. The molecule has 0 amide bonds. The number of benzene rings is 2. The molecular weight excluding hydrogens is 367 g/mol. The second kappa shape index (κ2) is 7.29. The monoisotopic (exact) mass is 376 g/mol. The minimum Gasteiger partial charge on any atom is -0.348 e. The molecule has 3 rings (SSSR count). The molecule has 0 saturated heterocycles. The summed E-state index contributed by atoms with van der Waals surface area (Å²) >= 11 is 11.5. The van der Waals surface area contributed by atoms with Crippen molar-refractivity contribution in [2.75, 3.05) is 10.6 Å². The van der Waals surface area contributed by atoms with E-state index in [-0.39, 0.29) is 22.2 Å². The zero-order valence-electron chi connectivity index (χ0n) is 12.5. The minimum absolute atomic E-state index is 0.0384. The van der Waals surface area contributed by atoms with E-state index in [2.05, 4.69) is 25.6 Å². The first kappa shape index (κ1) is 16.9. The Bertz CT molecular complexity index is 917. The molecule has 0 aliphatic carbocycles. The van der Waals surface area contributed by atoms with Crippen molar-refractivity contribution in [1.29, 1.82) is 0 Å². The Labute approximate surface area is 152 Å². The van der Waals surface area contributed by atoms with Gasteiger partial charge in [-0.1, -0.05) is 24.3 Å². The Balaban J connectivity index is 1.93. The molecule has 0 fully saturated rings. The van der Waals surface area contributed by atoms with Crippen LogP contribution < -0.4 is 10.6 Å². The Morgan fingerprint density at radius 3 is 1.92 bits per heavy atom. The third kappa shape index (κ3) is 4.11. The number of hydrogen-bond acceptors (Lipinski definition) is 7. The zero-order chi connectivity index (χ0) is 17.8. The van der Waals surface area contributed by atoms with Gasteiger partial charge in [0.25, 0.3) is 5.69 Å². The van der Waals surface area contributed by atoms with Gasteiger partial charge in [-0.05, 0) is 41.4 Å². The Morgan fingerprint density at radius 2 is 1.32 bits per heavy atom. The summed E-state index contributed by atoms with van der Waals surface area (Å²) in [6.45, 7) is 0. The number of nitro groups is 1. The van der Waals surface area contributed by atoms with Gasteiger partial charge in [0.15, 0.2) is 0 Å². The van der Waals surface area contributed by atoms with Gasteiger partial charge in [0.05, 0.1) is 16.3 Å². The number of halogens is 2. The highest BCUT2D eigenvalue weighted by Gasteiger charge is 2.14. The van der Waals surface area contributed by atoms with Crippen molar-refractivity contribution in [3.8, 4) is 0 Å². The van der Waals surface area contributed by atoms with Gasteiger partial charge in [0, 0.05) is 6.07 Å². The fourth-order valence-corrected chi connectivity index (χ4v) is 2.45. The van der Waals surface area contributed by atoms with E-state index in [0.717, 1.165) is 0 Å². The van der Waals surface area contributed by atoms with Crippen molar-refractivity contribution in [1.82, 2.24) is 15.0 Å². The number of anilines is 4. The molecular formula is C15H10Cl2N6O2. The van der Waals surface area contributed by atoms with Crippen LogP contribution in [0.25, 0.3) is 0 Å². The highest BCUT2D eigenvalue weighted by Crippen LogP contribution is 2.31. The lowest BCUT2D eigenvalue weighted by atomic mass is 10.2. The van der Waals surface area contributed by atoms with Crippen molar-refractivity contribution >= 4 is 51.9 Å². The number of nitro benzene ring substituents is 1. The van der Waals surface area contributed by atoms with Gasteiger partial charge in [-0.15, -0.1) is 0 Å². The maximum atomic E-state index is 11.2. The smallest absolute Gasteiger partial charge is 0.292 e. The lowest BCUT2D eigenvalue weighted by molar-refractivity contribution is -0.383. The third-order valence-corrected chi connectivity index (χ3v) is 3.46. The normalized spacial score (nSPS) is 10.3. The van der Waals surface area contributed by atoms with E-state index in [1.807, 2.05) is 0 Å². The number of hydrogen-bond donors (Lipinski definition) is 2. The van der Waals surface area contributed by atoms with Crippen LogP contribution >= 0.6 is 23.2 Å². The van der Waals surface area contributed by atoms with Gasteiger partial charge in [0.1, 0.15) is 5.69 Å². The minimum atomic E-state index is -0.454. The molecule has 126 valence electrons. The van der Waals surface area contributed by atoms with Crippen molar-refractivity contribution in [2.45, 2.75) is 0 Å². The quantitative estimate of drug-likeness (QED) is 0.495. The topological polar surface area (TPSA) is 106 Å². The van der Waals surface area contributed by atoms with Gasteiger partial charge in [-0.2, -0.15) is 15.0 Å². The molecule has 2 N–H and O–H groups in total. The molecule has 0 radical (unpaired) electrons. The fourth-order valence-electron chi connectivity index (χ4n) is 2.09. The molecule has 0 bridgehead atoms. The summed E-state index contributed by atoms with van der Waals surface area (Å²) < 4.78 is 0. The molecule has 0 aliphatic heterocycles. The highest BCUT2D eigenvalue weighted by atomic mass is 35.5. The summed E-state index contributed by atoms with van der Waals surface area (Å²) in [6, 6.07) is 13.4. The molecule has 1 aromatic heterocycles. The number of aromatic nitrogens is 3. The lowest BCUT2D eigenvalue weighted by Crippen LogP contribution is -2.03. The van der Waals surface area contributed by atoms with Gasteiger partial charge < -0.3 is 10.6 Å². The fraction of sp³-hybridized carbons (Fsp3) is 0. The maximum absolute atomic E-state index is 11.2. The van der Waals surface area contributed by atoms with Crippen LogP contribution in [-0.4, -0.2) is 19.9 Å². The Hall–Kier alpha value is -2.97. The van der Waals surface area contributed by atoms with Crippen molar-refractivity contribution in [3.05, 3.63) is 69.2 Å². The second-order valence-electron chi connectivity index (χ2n) is 4.77. The average molecular weight is 377 g/mol. The van der Waals surface area contributed by atoms with Crippen LogP contribution in [0.3, 0.4) is 0 Å². The van der Waals surface area contributed by atoms with Crippen LogP contribution in [0.2, 0.25) is 10.6 Å². The highest BCUT2D eigenvalue weighted by molar-refractivity contribution is 6.31. The molecule has 0 aliphatic rings. The van der Waals surface area contributed by atoms with Gasteiger partial charge in [-0.3, -0.25) is 10.1 Å². The first-order valence-corrected chi connectivity index (χ1v) is 7.72. The van der Waals surface area contributed by atoms with Crippen LogP contribution in [0.15, 0.2) is 48.5 Å². The molecule has 3 aromatic rings. The number of nitrogens with one attached hydrogen (secondary N) is 2. The lowest BCUT2D eigenvalue weighted by Gasteiger charge is -2.13. The van der Waals surface area contributed by atoms with Crippen LogP contribution in [0.4, 0.5) is 28.7 Å². The van der Waals surface area contributed by atoms with Crippen LogP contribution in [0, 0.1) is 10.1 Å². The summed E-state index contributed by atoms with van der Waals surface area (Å²) in [7, 11) is 0. The largest absolute Gasteiger partial charge is 0.348 e. The van der Waals surface area contributed by atoms with E-state index >= 15 is 0 Å². The average Bonchev–Trinajstić information content (AvgIpc) is 2.56. The first-order valence-electron chi connectivity index (χ1n) is 6.96. The van der Waals surface area contributed by atoms with Crippen molar-refractivity contribution in [2.24, 2.45) is 0 Å². The predicted octanol–water partition coefficient (Wildman–Crippen LogP) is 4.57. The van der Waals surface area contributed by atoms with Gasteiger partial charge in [0.2, 0.25) is 16.5 Å². The predicted molar refractivity (Wildman–Crippen MR) is 96.0 cm³/mol. The number of rotatable bonds is 5. The third-order valence-electron chi connectivity index (χ3n) is 3.12. The molecule has 0 saturated carbocycles. The Morgan fingerprint density at radius 1 is 0.800 bits per heavy atom. The SMILES string of the molecule is O=[N+]([O-])c1ccccc1Nc1ccccc1Nc1nc(Cl)nc(Cl)n1. The van der Waals surface area contributed by atoms with Crippen LogP contribution in [0.5, 0.6) is 0 Å². The van der Waals surface area contributed by atoms with E-state index in [4.69, 9.17) is 23.2 Å². The first-order chi connectivity index (χ1) is 12.0. The number of nitrogens with zero attached hydrogens (tertiary/aromatic N) is 4. The molecule has 2 aromatic carbocycles. The molecule has 10 heteroatoms. The molecule has 0 atom stereocenters. The second-order valence-corrected chi connectivity index (χ2v) is 5.44. The maximum Gasteiger partial charge on any atom is 0.292 e.